The van der Waals surface area contributed by atoms with Crippen LogP contribution < -0.4 is 11.1 Å². The van der Waals surface area contributed by atoms with E-state index in [1.54, 1.807) is 6.07 Å². The Balaban J connectivity index is 2.43. The highest BCUT2D eigenvalue weighted by atomic mass is 19.1. The Morgan fingerprint density at radius 3 is 2.95 bits per heavy atom. The van der Waals surface area contributed by atoms with Gasteiger partial charge in [-0.2, -0.15) is 0 Å². The summed E-state index contributed by atoms with van der Waals surface area (Å²) in [6.45, 7) is 2.58. The summed E-state index contributed by atoms with van der Waals surface area (Å²) in [5.41, 5.74) is 6.30. The van der Waals surface area contributed by atoms with E-state index in [0.717, 1.165) is 12.8 Å². The number of anilines is 1. The monoisotopic (exact) mass is 261 g/mol. The summed E-state index contributed by atoms with van der Waals surface area (Å²) < 4.78 is 13.9. The van der Waals surface area contributed by atoms with Crippen LogP contribution in [0.3, 0.4) is 0 Å². The topological polar surface area (TPSA) is 68.0 Å². The number of nitrogens with zero attached hydrogens (tertiary/aromatic N) is 1. The Labute approximate surface area is 110 Å². The summed E-state index contributed by atoms with van der Waals surface area (Å²) in [7, 11) is 0. The second-order valence-corrected chi connectivity index (χ2v) is 4.33. The maximum absolute atomic E-state index is 13.9. The molecule has 1 aromatic heterocycles. The third-order valence-electron chi connectivity index (χ3n) is 2.94. The molecule has 4 nitrogen and oxygen atoms in total. The summed E-state index contributed by atoms with van der Waals surface area (Å²) in [6, 6.07) is 4.34. The van der Waals surface area contributed by atoms with E-state index in [1.165, 1.54) is 18.3 Å². The molecule has 0 fully saturated rings. The number of carbonyl (C=O) groups is 1. The van der Waals surface area contributed by atoms with Crippen molar-refractivity contribution in [3.8, 4) is 0 Å². The Morgan fingerprint density at radius 1 is 1.42 bits per heavy atom. The van der Waals surface area contributed by atoms with Crippen LogP contribution in [-0.2, 0) is 0 Å². The zero-order chi connectivity index (χ0) is 13.8. The molecule has 0 saturated carbocycles. The number of nitrogen functional groups attached to an aromatic ring is 1. The quantitative estimate of drug-likeness (QED) is 0.656. The van der Waals surface area contributed by atoms with Crippen LogP contribution in [0.15, 0.2) is 24.4 Å². The van der Waals surface area contributed by atoms with Crippen LogP contribution in [0.5, 0.6) is 0 Å². The lowest BCUT2D eigenvalue weighted by Crippen LogP contribution is -2.25. The first kappa shape index (κ1) is 13.3. The van der Waals surface area contributed by atoms with Gasteiger partial charge in [0, 0.05) is 23.8 Å². The minimum Gasteiger partial charge on any atom is -0.398 e. The first-order valence-corrected chi connectivity index (χ1v) is 6.26. The van der Waals surface area contributed by atoms with Crippen molar-refractivity contribution in [1.82, 2.24) is 10.3 Å². The van der Waals surface area contributed by atoms with Gasteiger partial charge in [-0.1, -0.05) is 13.3 Å². The van der Waals surface area contributed by atoms with Gasteiger partial charge < -0.3 is 11.1 Å². The van der Waals surface area contributed by atoms with E-state index >= 15 is 0 Å². The summed E-state index contributed by atoms with van der Waals surface area (Å²) in [4.78, 5) is 16.0. The molecular formula is C14H16FN3O. The highest BCUT2D eigenvalue weighted by Gasteiger charge is 2.15. The van der Waals surface area contributed by atoms with Gasteiger partial charge in [0.05, 0.1) is 5.39 Å². The molecule has 5 heteroatoms. The Hall–Kier alpha value is -2.17. The van der Waals surface area contributed by atoms with E-state index in [4.69, 9.17) is 5.73 Å². The number of hydrogen-bond donors (Lipinski definition) is 2. The van der Waals surface area contributed by atoms with Crippen molar-refractivity contribution in [3.63, 3.8) is 0 Å². The normalized spacial score (nSPS) is 10.6. The predicted octanol–water partition coefficient (Wildman–Crippen LogP) is 2.49. The fourth-order valence-corrected chi connectivity index (χ4v) is 1.91. The van der Waals surface area contributed by atoms with Crippen molar-refractivity contribution in [2.45, 2.75) is 19.8 Å². The van der Waals surface area contributed by atoms with Crippen LogP contribution in [0.4, 0.5) is 10.1 Å². The second-order valence-electron chi connectivity index (χ2n) is 4.33. The molecule has 19 heavy (non-hydrogen) atoms. The zero-order valence-electron chi connectivity index (χ0n) is 10.7. The third-order valence-corrected chi connectivity index (χ3v) is 2.94. The number of amides is 1. The van der Waals surface area contributed by atoms with Gasteiger partial charge in [0.1, 0.15) is 11.5 Å². The Kier molecular flexibility index (Phi) is 3.94. The maximum Gasteiger partial charge on any atom is 0.270 e. The van der Waals surface area contributed by atoms with Crippen molar-refractivity contribution in [1.29, 1.82) is 0 Å². The molecule has 3 N–H and O–H groups in total. The van der Waals surface area contributed by atoms with Crippen LogP contribution in [0, 0.1) is 5.82 Å². The number of aromatic nitrogens is 1. The molecule has 0 atom stereocenters. The molecule has 1 amide bonds. The van der Waals surface area contributed by atoms with Gasteiger partial charge in [-0.05, 0) is 24.6 Å². The van der Waals surface area contributed by atoms with Crippen LogP contribution in [0.25, 0.3) is 10.8 Å². The lowest BCUT2D eigenvalue weighted by Gasteiger charge is -2.09. The Morgan fingerprint density at radius 2 is 2.21 bits per heavy atom. The van der Waals surface area contributed by atoms with Crippen LogP contribution in [-0.4, -0.2) is 17.4 Å². The number of unbranched alkanes of at least 4 members (excludes halogenated alkanes) is 1. The highest BCUT2D eigenvalue weighted by molar-refractivity contribution is 6.08. The number of benzene rings is 1. The molecule has 0 unspecified atom stereocenters. The number of nitrogens with two attached hydrogens (primary N) is 1. The molecule has 0 saturated heterocycles. The van der Waals surface area contributed by atoms with Gasteiger partial charge in [0.15, 0.2) is 0 Å². The molecule has 0 aliphatic rings. The number of hydrogen-bond acceptors (Lipinski definition) is 3. The van der Waals surface area contributed by atoms with Crippen molar-refractivity contribution in [2.24, 2.45) is 0 Å². The summed E-state index contributed by atoms with van der Waals surface area (Å²) in [5, 5.41) is 3.42. The number of rotatable bonds is 4. The fraction of sp³-hybridized carbons (Fsp3) is 0.286. The molecule has 0 spiro atoms. The van der Waals surface area contributed by atoms with Crippen LogP contribution in [0.1, 0.15) is 30.3 Å². The van der Waals surface area contributed by atoms with Crippen molar-refractivity contribution >= 4 is 22.4 Å². The van der Waals surface area contributed by atoms with Crippen LogP contribution in [0.2, 0.25) is 0 Å². The number of fused-ring (bicyclic) bond motifs is 1. The van der Waals surface area contributed by atoms with E-state index in [9.17, 15) is 9.18 Å². The molecule has 1 aromatic carbocycles. The van der Waals surface area contributed by atoms with Crippen molar-refractivity contribution in [3.05, 3.63) is 35.9 Å². The lowest BCUT2D eigenvalue weighted by atomic mass is 10.1. The first-order valence-electron chi connectivity index (χ1n) is 6.26. The zero-order valence-corrected chi connectivity index (χ0v) is 10.7. The standard InChI is InChI=1S/C14H16FN3O/c1-2-3-7-18-14(19)13-12-9(6-8-17-13)11(16)5-4-10(12)15/h4-6,8H,2-3,7,16H2,1H3,(H,18,19). The molecule has 0 bridgehead atoms. The van der Waals surface area contributed by atoms with Crippen molar-refractivity contribution in [2.75, 3.05) is 12.3 Å². The number of nitrogens with one attached hydrogen (secondary N) is 1. The Bertz CT molecular complexity index is 613. The van der Waals surface area contributed by atoms with E-state index in [1.807, 2.05) is 6.92 Å². The second kappa shape index (κ2) is 5.65. The molecule has 0 radical (unpaired) electrons. The fourth-order valence-electron chi connectivity index (χ4n) is 1.91. The van der Waals surface area contributed by atoms with Crippen molar-refractivity contribution < 1.29 is 9.18 Å². The highest BCUT2D eigenvalue weighted by Crippen LogP contribution is 2.25. The van der Waals surface area contributed by atoms with E-state index in [2.05, 4.69) is 10.3 Å². The molecule has 2 aromatic rings. The largest absolute Gasteiger partial charge is 0.398 e. The minimum absolute atomic E-state index is 0.0819. The molecule has 0 aliphatic carbocycles. The summed E-state index contributed by atoms with van der Waals surface area (Å²) in [5.74, 6) is -0.860. The van der Waals surface area contributed by atoms with Gasteiger partial charge >= 0.3 is 0 Å². The SMILES string of the molecule is CCCCNC(=O)c1nccc2c(N)ccc(F)c12. The van der Waals surface area contributed by atoms with E-state index < -0.39 is 5.82 Å². The average Bonchev–Trinajstić information content (AvgIpc) is 2.42. The van der Waals surface area contributed by atoms with Gasteiger partial charge in [-0.25, -0.2) is 4.39 Å². The van der Waals surface area contributed by atoms with Gasteiger partial charge in [-0.15, -0.1) is 0 Å². The molecule has 2 rings (SSSR count). The summed E-state index contributed by atoms with van der Waals surface area (Å²) >= 11 is 0. The van der Waals surface area contributed by atoms with Gasteiger partial charge in [0.25, 0.3) is 5.91 Å². The number of halogens is 1. The van der Waals surface area contributed by atoms with E-state index in [0.29, 0.717) is 17.6 Å². The minimum atomic E-state index is -0.488. The molecule has 0 aliphatic heterocycles. The average molecular weight is 261 g/mol. The molecular weight excluding hydrogens is 245 g/mol. The molecule has 100 valence electrons. The van der Waals surface area contributed by atoms with Gasteiger partial charge in [-0.3, -0.25) is 9.78 Å². The number of carbonyl (C=O) groups excluding carboxylic acids is 1. The van der Waals surface area contributed by atoms with E-state index in [-0.39, 0.29) is 17.0 Å². The predicted molar refractivity (Wildman–Crippen MR) is 73.4 cm³/mol. The third kappa shape index (κ3) is 2.65. The summed E-state index contributed by atoms with van der Waals surface area (Å²) in [6.07, 6.45) is 3.32. The lowest BCUT2D eigenvalue weighted by molar-refractivity contribution is 0.0950. The molecule has 1 heterocycles. The first-order chi connectivity index (χ1) is 9.15. The number of pyridine rings is 1. The van der Waals surface area contributed by atoms with Gasteiger partial charge in [0.2, 0.25) is 0 Å². The van der Waals surface area contributed by atoms with Crippen LogP contribution >= 0.6 is 0 Å². The maximum atomic E-state index is 13.9. The smallest absolute Gasteiger partial charge is 0.270 e.